The van der Waals surface area contributed by atoms with E-state index < -0.39 is 0 Å². The number of ether oxygens (including phenoxy) is 4. The molecule has 0 amide bonds. The quantitative estimate of drug-likeness (QED) is 0.241. The van der Waals surface area contributed by atoms with Gasteiger partial charge in [-0.3, -0.25) is 0 Å². The molecular weight excluding hydrogens is 466 g/mol. The molecule has 1 unspecified atom stereocenters. The fraction of sp³-hybridized carbons (Fsp3) is 0.464. The van der Waals surface area contributed by atoms with Crippen molar-refractivity contribution < 1.29 is 23.7 Å². The van der Waals surface area contributed by atoms with Gasteiger partial charge in [0.05, 0.1) is 25.7 Å². The Hall–Kier alpha value is -2.70. The van der Waals surface area contributed by atoms with Crippen LogP contribution in [0.25, 0.3) is 22.0 Å². The molecule has 2 aromatic carbocycles. The third kappa shape index (κ3) is 5.60. The molecule has 0 saturated heterocycles. The second-order valence-electron chi connectivity index (χ2n) is 8.89. The van der Waals surface area contributed by atoms with E-state index in [0.717, 1.165) is 65.8 Å². The van der Waals surface area contributed by atoms with Crippen molar-refractivity contribution in [2.24, 2.45) is 5.92 Å². The largest absolute Gasteiger partial charge is 0.497 e. The Morgan fingerprint density at radius 1 is 1.09 bits per heavy atom. The number of nitrogens with zero attached hydrogens (tertiary/aromatic N) is 1. The van der Waals surface area contributed by atoms with Gasteiger partial charge in [-0.1, -0.05) is 18.6 Å². The summed E-state index contributed by atoms with van der Waals surface area (Å²) in [5.74, 6) is 1.97. The van der Waals surface area contributed by atoms with Crippen molar-refractivity contribution in [2.45, 2.75) is 45.3 Å². The third-order valence-corrected chi connectivity index (χ3v) is 6.89. The van der Waals surface area contributed by atoms with Crippen LogP contribution in [-0.4, -0.2) is 50.0 Å². The van der Waals surface area contributed by atoms with Crippen LogP contribution in [0, 0.1) is 5.92 Å². The van der Waals surface area contributed by atoms with Crippen LogP contribution in [0.3, 0.4) is 0 Å². The van der Waals surface area contributed by atoms with Gasteiger partial charge in [0.25, 0.3) is 0 Å². The van der Waals surface area contributed by atoms with E-state index in [1.54, 1.807) is 14.2 Å². The Morgan fingerprint density at radius 2 is 1.86 bits per heavy atom. The Morgan fingerprint density at radius 3 is 2.54 bits per heavy atom. The van der Waals surface area contributed by atoms with Gasteiger partial charge in [0.15, 0.2) is 0 Å². The van der Waals surface area contributed by atoms with Crippen LogP contribution in [0.15, 0.2) is 42.5 Å². The van der Waals surface area contributed by atoms with Crippen molar-refractivity contribution in [2.75, 3.05) is 33.3 Å². The van der Waals surface area contributed by atoms with Crippen LogP contribution in [0.1, 0.15) is 43.1 Å². The van der Waals surface area contributed by atoms with Crippen LogP contribution >= 0.6 is 11.6 Å². The summed E-state index contributed by atoms with van der Waals surface area (Å²) >= 11 is 5.85. The molecule has 4 rings (SSSR count). The minimum Gasteiger partial charge on any atom is -0.497 e. The number of methoxy groups -OCH3 is 2. The van der Waals surface area contributed by atoms with Crippen molar-refractivity contribution >= 4 is 28.5 Å². The summed E-state index contributed by atoms with van der Waals surface area (Å²) in [6.45, 7) is 3.28. The van der Waals surface area contributed by atoms with E-state index in [-0.39, 0.29) is 12.1 Å². The van der Waals surface area contributed by atoms with Crippen molar-refractivity contribution in [3.8, 4) is 22.6 Å². The first kappa shape index (κ1) is 25.4. The van der Waals surface area contributed by atoms with E-state index >= 15 is 0 Å². The zero-order chi connectivity index (χ0) is 24.8. The van der Waals surface area contributed by atoms with E-state index in [1.807, 2.05) is 49.4 Å². The average molecular weight is 500 g/mol. The summed E-state index contributed by atoms with van der Waals surface area (Å²) in [6, 6.07) is 13.8. The zero-order valence-corrected chi connectivity index (χ0v) is 21.5. The second kappa shape index (κ2) is 11.8. The molecule has 1 aliphatic carbocycles. The van der Waals surface area contributed by atoms with Crippen LogP contribution in [0.5, 0.6) is 11.5 Å². The highest BCUT2D eigenvalue weighted by atomic mass is 35.5. The van der Waals surface area contributed by atoms with Crippen molar-refractivity contribution in [3.63, 3.8) is 0 Å². The van der Waals surface area contributed by atoms with Gasteiger partial charge < -0.3 is 23.5 Å². The number of hydrogen-bond donors (Lipinski definition) is 0. The number of rotatable bonds is 10. The summed E-state index contributed by atoms with van der Waals surface area (Å²) in [7, 11) is 3.43. The van der Waals surface area contributed by atoms with Crippen molar-refractivity contribution in [3.05, 3.63) is 48.2 Å². The highest BCUT2D eigenvalue weighted by molar-refractivity contribution is 6.18. The van der Waals surface area contributed by atoms with Gasteiger partial charge in [-0.05, 0) is 68.0 Å². The number of hydrogen-bond acceptors (Lipinski definition) is 5. The molecule has 0 bridgehead atoms. The molecule has 1 aromatic heterocycles. The van der Waals surface area contributed by atoms with Crippen LogP contribution < -0.4 is 9.47 Å². The molecule has 188 valence electrons. The van der Waals surface area contributed by atoms with Gasteiger partial charge in [0.1, 0.15) is 23.8 Å². The maximum absolute atomic E-state index is 13.4. The molecule has 1 aliphatic rings. The lowest BCUT2D eigenvalue weighted by Gasteiger charge is -2.29. The number of alkyl halides is 1. The highest BCUT2D eigenvalue weighted by Gasteiger charge is 2.29. The zero-order valence-electron chi connectivity index (χ0n) is 20.7. The standard InChI is InChI=1S/C28H34ClNO5/c1-4-34-28(31)27-26(20-8-10-21(32-2)11-9-20)24-17-23(35-15-14-29)12-13-25(24)30(27)18-19-6-5-7-22(16-19)33-3/h8-13,17,19,22H,4-7,14-16,18H2,1-3H3/t19?,22-/m1/s1. The smallest absolute Gasteiger partial charge is 0.355 e. The van der Waals surface area contributed by atoms with Gasteiger partial charge in [0.2, 0.25) is 0 Å². The molecule has 0 radical (unpaired) electrons. The normalized spacial score (nSPS) is 17.9. The number of fused-ring (bicyclic) bond motifs is 1. The summed E-state index contributed by atoms with van der Waals surface area (Å²) in [5, 5.41) is 0.949. The molecular formula is C28H34ClNO5. The predicted molar refractivity (Wildman–Crippen MR) is 139 cm³/mol. The van der Waals surface area contributed by atoms with Crippen LogP contribution in [0.4, 0.5) is 0 Å². The van der Waals surface area contributed by atoms with E-state index in [9.17, 15) is 4.79 Å². The van der Waals surface area contributed by atoms with Gasteiger partial charge in [-0.15, -0.1) is 11.6 Å². The molecule has 7 heteroatoms. The molecule has 1 saturated carbocycles. The lowest BCUT2D eigenvalue weighted by molar-refractivity contribution is 0.0454. The Kier molecular flexibility index (Phi) is 8.58. The Bertz CT molecular complexity index is 1140. The predicted octanol–water partition coefficient (Wildman–Crippen LogP) is 6.32. The first-order valence-corrected chi connectivity index (χ1v) is 12.8. The van der Waals surface area contributed by atoms with Crippen molar-refractivity contribution in [1.82, 2.24) is 4.57 Å². The fourth-order valence-corrected chi connectivity index (χ4v) is 5.19. The monoisotopic (exact) mass is 499 g/mol. The maximum Gasteiger partial charge on any atom is 0.355 e. The fourth-order valence-electron chi connectivity index (χ4n) is 5.11. The van der Waals surface area contributed by atoms with E-state index in [4.69, 9.17) is 30.5 Å². The van der Waals surface area contributed by atoms with Gasteiger partial charge in [-0.2, -0.15) is 0 Å². The molecule has 35 heavy (non-hydrogen) atoms. The minimum absolute atomic E-state index is 0.262. The van der Waals surface area contributed by atoms with Gasteiger partial charge >= 0.3 is 5.97 Å². The molecule has 0 spiro atoms. The maximum atomic E-state index is 13.4. The number of aromatic nitrogens is 1. The van der Waals surface area contributed by atoms with Gasteiger partial charge in [-0.25, -0.2) is 4.79 Å². The molecule has 0 N–H and O–H groups in total. The first-order chi connectivity index (χ1) is 17.1. The lowest BCUT2D eigenvalue weighted by atomic mass is 9.87. The average Bonchev–Trinajstić information content (AvgIpc) is 3.21. The molecule has 1 heterocycles. The summed E-state index contributed by atoms with van der Waals surface area (Å²) < 4.78 is 24.6. The van der Waals surface area contributed by atoms with E-state index in [0.29, 0.717) is 30.7 Å². The topological polar surface area (TPSA) is 58.9 Å². The van der Waals surface area contributed by atoms with Gasteiger partial charge in [0, 0.05) is 30.1 Å². The summed E-state index contributed by atoms with van der Waals surface area (Å²) in [5.41, 5.74) is 3.32. The number of carbonyl (C=O) groups excluding carboxylic acids is 1. The molecule has 1 fully saturated rings. The van der Waals surface area contributed by atoms with Crippen molar-refractivity contribution in [1.29, 1.82) is 0 Å². The van der Waals surface area contributed by atoms with Crippen LogP contribution in [0.2, 0.25) is 0 Å². The van der Waals surface area contributed by atoms with E-state index in [1.165, 1.54) is 0 Å². The number of halogens is 1. The minimum atomic E-state index is -0.322. The molecule has 0 aliphatic heterocycles. The summed E-state index contributed by atoms with van der Waals surface area (Å²) in [4.78, 5) is 13.4. The van der Waals surface area contributed by atoms with Crippen LogP contribution in [-0.2, 0) is 16.0 Å². The lowest BCUT2D eigenvalue weighted by Crippen LogP contribution is -2.26. The summed E-state index contributed by atoms with van der Waals surface area (Å²) in [6.07, 6.45) is 4.56. The SMILES string of the molecule is CCOC(=O)c1c(-c2ccc(OC)cc2)c2cc(OCCCl)ccc2n1CC1CCC[C@@H](OC)C1. The number of carbonyl (C=O) groups is 1. The molecule has 2 atom stereocenters. The van der Waals surface area contributed by atoms with E-state index in [2.05, 4.69) is 4.57 Å². The number of benzene rings is 2. The number of esters is 1. The Labute approximate surface area is 212 Å². The third-order valence-electron chi connectivity index (χ3n) is 6.74. The second-order valence-corrected chi connectivity index (χ2v) is 9.27. The molecule has 3 aromatic rings. The Balaban J connectivity index is 1.89. The first-order valence-electron chi connectivity index (χ1n) is 12.3. The highest BCUT2D eigenvalue weighted by Crippen LogP contribution is 2.40. The molecule has 6 nitrogen and oxygen atoms in total.